The number of aromatic amines is 1. The molecular formula is C26H25N3O2. The van der Waals surface area contributed by atoms with Gasteiger partial charge in [-0.3, -0.25) is 9.88 Å². The summed E-state index contributed by atoms with van der Waals surface area (Å²) >= 11 is 0. The van der Waals surface area contributed by atoms with Gasteiger partial charge in [-0.05, 0) is 48.7 Å². The van der Waals surface area contributed by atoms with E-state index in [1.165, 1.54) is 22.0 Å². The number of aromatic nitrogens is 2. The molecule has 1 atom stereocenters. The van der Waals surface area contributed by atoms with Gasteiger partial charge in [0.2, 0.25) is 0 Å². The molecule has 0 radical (unpaired) electrons. The number of nitrogens with one attached hydrogen (secondary N) is 1. The normalized spacial score (nSPS) is 19.0. The number of rotatable bonds is 3. The smallest absolute Gasteiger partial charge is 0.171 e. The van der Waals surface area contributed by atoms with Gasteiger partial charge in [-0.1, -0.05) is 24.3 Å². The van der Waals surface area contributed by atoms with Crippen molar-refractivity contribution >= 4 is 27.4 Å². The molecule has 2 aromatic carbocycles. The van der Waals surface area contributed by atoms with Crippen molar-refractivity contribution in [3.8, 4) is 11.5 Å². The zero-order valence-corrected chi connectivity index (χ0v) is 17.6. The Labute approximate surface area is 181 Å². The number of pyridine rings is 1. The van der Waals surface area contributed by atoms with Crippen LogP contribution in [0.3, 0.4) is 0 Å². The fraction of sp³-hybridized carbons (Fsp3) is 0.269. The molecule has 4 aromatic rings. The number of aryl methyl sites for hydroxylation is 1. The molecule has 2 aliphatic heterocycles. The molecule has 0 aliphatic carbocycles. The predicted molar refractivity (Wildman–Crippen MR) is 124 cm³/mol. The van der Waals surface area contributed by atoms with Crippen molar-refractivity contribution < 1.29 is 9.47 Å². The van der Waals surface area contributed by atoms with Crippen LogP contribution < -0.4 is 9.47 Å². The molecular weight excluding hydrogens is 386 g/mol. The number of fused-ring (bicyclic) bond motifs is 4. The van der Waals surface area contributed by atoms with Crippen LogP contribution in [0.15, 0.2) is 60.9 Å². The van der Waals surface area contributed by atoms with Crippen molar-refractivity contribution in [1.82, 2.24) is 14.9 Å². The van der Waals surface area contributed by atoms with Gasteiger partial charge >= 0.3 is 0 Å². The highest BCUT2D eigenvalue weighted by Crippen LogP contribution is 2.39. The summed E-state index contributed by atoms with van der Waals surface area (Å²) < 4.78 is 12.5. The second-order valence-electron chi connectivity index (χ2n) is 8.51. The van der Waals surface area contributed by atoms with Crippen molar-refractivity contribution in [2.45, 2.75) is 19.4 Å². The summed E-state index contributed by atoms with van der Waals surface area (Å²) in [6, 6.07) is 14.6. The molecule has 0 fully saturated rings. The maximum atomic E-state index is 6.43. The van der Waals surface area contributed by atoms with Crippen LogP contribution in [0, 0.1) is 6.92 Å². The van der Waals surface area contributed by atoms with Crippen LogP contribution in [-0.2, 0) is 0 Å². The number of hydrogen-bond donors (Lipinski definition) is 1. The molecule has 31 heavy (non-hydrogen) atoms. The van der Waals surface area contributed by atoms with E-state index in [1.807, 2.05) is 18.3 Å². The zero-order valence-electron chi connectivity index (χ0n) is 17.6. The highest BCUT2D eigenvalue weighted by Gasteiger charge is 2.26. The van der Waals surface area contributed by atoms with Gasteiger partial charge in [-0.15, -0.1) is 0 Å². The van der Waals surface area contributed by atoms with Crippen molar-refractivity contribution in [2.24, 2.45) is 0 Å². The fourth-order valence-electron chi connectivity index (χ4n) is 4.71. The van der Waals surface area contributed by atoms with E-state index in [0.29, 0.717) is 6.61 Å². The van der Waals surface area contributed by atoms with Gasteiger partial charge in [0.05, 0.1) is 5.52 Å². The molecule has 156 valence electrons. The lowest BCUT2D eigenvalue weighted by molar-refractivity contribution is 0.0632. The Morgan fingerprint density at radius 1 is 1.16 bits per heavy atom. The van der Waals surface area contributed by atoms with Gasteiger partial charge in [0.15, 0.2) is 11.5 Å². The Morgan fingerprint density at radius 2 is 2.10 bits per heavy atom. The second-order valence-corrected chi connectivity index (χ2v) is 8.51. The molecule has 2 aliphatic rings. The van der Waals surface area contributed by atoms with E-state index in [9.17, 15) is 0 Å². The van der Waals surface area contributed by atoms with E-state index < -0.39 is 0 Å². The largest absolute Gasteiger partial charge is 0.486 e. The highest BCUT2D eigenvalue weighted by atomic mass is 16.6. The van der Waals surface area contributed by atoms with Gasteiger partial charge in [-0.25, -0.2) is 0 Å². The summed E-state index contributed by atoms with van der Waals surface area (Å²) in [6.45, 7) is 5.43. The summed E-state index contributed by atoms with van der Waals surface area (Å²) in [4.78, 5) is 10.4. The van der Waals surface area contributed by atoms with E-state index in [2.05, 4.69) is 64.4 Å². The molecule has 2 aromatic heterocycles. The van der Waals surface area contributed by atoms with Crippen LogP contribution in [0.5, 0.6) is 11.5 Å². The first-order valence-electron chi connectivity index (χ1n) is 10.9. The second kappa shape index (κ2) is 7.43. The van der Waals surface area contributed by atoms with Crippen LogP contribution in [0.1, 0.15) is 17.5 Å². The van der Waals surface area contributed by atoms with Crippen LogP contribution in [0.25, 0.3) is 27.4 Å². The monoisotopic (exact) mass is 411 g/mol. The van der Waals surface area contributed by atoms with Crippen LogP contribution in [0.2, 0.25) is 0 Å². The lowest BCUT2D eigenvalue weighted by Gasteiger charge is -2.33. The lowest BCUT2D eigenvalue weighted by Crippen LogP contribution is -2.42. The van der Waals surface area contributed by atoms with Crippen molar-refractivity contribution in [3.05, 3.63) is 72.1 Å². The Bertz CT molecular complexity index is 1310. The molecule has 1 unspecified atom stereocenters. The standard InChI is InChI=1S/C26H25N3O2/c1-17-12-21-24(27-13-17)6-7-25-26(21)31-19(16-30-25)15-29-10-8-18(9-11-29)22-14-28-23-5-3-2-4-20(22)23/h2-8,12-14,19,28H,9-11,15-16H2,1H3. The third kappa shape index (κ3) is 3.35. The molecule has 5 nitrogen and oxygen atoms in total. The predicted octanol–water partition coefficient (Wildman–Crippen LogP) is 4.95. The maximum Gasteiger partial charge on any atom is 0.171 e. The highest BCUT2D eigenvalue weighted by molar-refractivity contribution is 5.92. The van der Waals surface area contributed by atoms with Crippen molar-refractivity contribution in [1.29, 1.82) is 0 Å². The van der Waals surface area contributed by atoms with Crippen LogP contribution >= 0.6 is 0 Å². The lowest BCUT2D eigenvalue weighted by atomic mass is 9.99. The first-order valence-corrected chi connectivity index (χ1v) is 10.9. The summed E-state index contributed by atoms with van der Waals surface area (Å²) in [5.74, 6) is 1.65. The van der Waals surface area contributed by atoms with Gasteiger partial charge < -0.3 is 14.5 Å². The number of para-hydroxylation sites is 1. The van der Waals surface area contributed by atoms with E-state index in [4.69, 9.17) is 9.47 Å². The zero-order chi connectivity index (χ0) is 20.8. The maximum absolute atomic E-state index is 6.43. The molecule has 1 N–H and O–H groups in total. The average Bonchev–Trinajstić information content (AvgIpc) is 3.24. The summed E-state index contributed by atoms with van der Waals surface area (Å²) in [6.07, 6.45) is 7.45. The molecule has 6 rings (SSSR count). The first-order chi connectivity index (χ1) is 15.2. The summed E-state index contributed by atoms with van der Waals surface area (Å²) in [5, 5.41) is 2.33. The summed E-state index contributed by atoms with van der Waals surface area (Å²) in [7, 11) is 0. The number of nitrogens with zero attached hydrogens (tertiary/aromatic N) is 2. The molecule has 5 heteroatoms. The molecule has 0 amide bonds. The van der Waals surface area contributed by atoms with Crippen LogP contribution in [-0.4, -0.2) is 47.2 Å². The average molecular weight is 412 g/mol. The fourth-order valence-corrected chi connectivity index (χ4v) is 4.71. The molecule has 0 spiro atoms. The third-order valence-electron chi connectivity index (χ3n) is 6.32. The SMILES string of the molecule is Cc1cnc2ccc3c(c2c1)OC(CN1CC=C(c2c[nH]c4ccccc24)CC1)CO3. The Morgan fingerprint density at radius 3 is 3.00 bits per heavy atom. The topological polar surface area (TPSA) is 50.4 Å². The van der Waals surface area contributed by atoms with Gasteiger partial charge in [-0.2, -0.15) is 0 Å². The third-order valence-corrected chi connectivity index (χ3v) is 6.32. The van der Waals surface area contributed by atoms with Crippen molar-refractivity contribution in [3.63, 3.8) is 0 Å². The molecule has 0 bridgehead atoms. The molecule has 4 heterocycles. The molecule has 0 saturated carbocycles. The first kappa shape index (κ1) is 18.5. The number of hydrogen-bond acceptors (Lipinski definition) is 4. The molecule has 0 saturated heterocycles. The minimum absolute atomic E-state index is 0.0154. The minimum Gasteiger partial charge on any atom is -0.486 e. The number of H-pyrrole nitrogens is 1. The van der Waals surface area contributed by atoms with E-state index in [0.717, 1.165) is 54.0 Å². The number of benzene rings is 2. The van der Waals surface area contributed by atoms with E-state index in [1.54, 1.807) is 0 Å². The van der Waals surface area contributed by atoms with Crippen LogP contribution in [0.4, 0.5) is 0 Å². The number of ether oxygens (including phenoxy) is 2. The van der Waals surface area contributed by atoms with E-state index >= 15 is 0 Å². The Kier molecular flexibility index (Phi) is 4.42. The Hall–Kier alpha value is -3.31. The van der Waals surface area contributed by atoms with Gasteiger partial charge in [0, 0.05) is 53.9 Å². The van der Waals surface area contributed by atoms with E-state index in [-0.39, 0.29) is 6.10 Å². The minimum atomic E-state index is 0.0154. The summed E-state index contributed by atoms with van der Waals surface area (Å²) in [5.41, 5.74) is 6.02. The van der Waals surface area contributed by atoms with Crippen molar-refractivity contribution in [2.75, 3.05) is 26.2 Å². The van der Waals surface area contributed by atoms with Gasteiger partial charge in [0.1, 0.15) is 12.7 Å². The quantitative estimate of drug-likeness (QED) is 0.518. The Balaban J connectivity index is 1.18. The van der Waals surface area contributed by atoms with Gasteiger partial charge in [0.25, 0.3) is 0 Å².